The van der Waals surface area contributed by atoms with Crippen LogP contribution in [0.4, 0.5) is 0 Å². The van der Waals surface area contributed by atoms with Gasteiger partial charge in [0.1, 0.15) is 0 Å². The Hall–Kier alpha value is -1.99. The van der Waals surface area contributed by atoms with Crippen molar-refractivity contribution in [2.75, 3.05) is 26.6 Å². The highest BCUT2D eigenvalue weighted by atomic mass is 32.2. The van der Waals surface area contributed by atoms with Gasteiger partial charge in [-0.15, -0.1) is 0 Å². The van der Waals surface area contributed by atoms with Gasteiger partial charge in [0.05, 0.1) is 31.2 Å². The number of hydrogen-bond acceptors (Lipinski definition) is 6. The van der Waals surface area contributed by atoms with Gasteiger partial charge in [-0.25, -0.2) is 4.98 Å². The minimum Gasteiger partial charge on any atom is -0.493 e. The van der Waals surface area contributed by atoms with Crippen LogP contribution in [0.5, 0.6) is 11.5 Å². The number of fused-ring (bicyclic) bond motifs is 1. The van der Waals surface area contributed by atoms with Gasteiger partial charge in [-0.3, -0.25) is 9.36 Å². The van der Waals surface area contributed by atoms with E-state index in [1.165, 1.54) is 18.4 Å². The molecule has 7 heteroatoms. The SMILES string of the molecule is COc1cc2nc(SC[C@@H]3CCCO3)n(CCC3=CCCCC3)c(=O)c2cc1OC. The van der Waals surface area contributed by atoms with Crippen molar-refractivity contribution >= 4 is 22.7 Å². The number of allylic oxidation sites excluding steroid dienone is 2. The van der Waals surface area contributed by atoms with Gasteiger partial charge in [0.2, 0.25) is 0 Å². The number of rotatable bonds is 8. The van der Waals surface area contributed by atoms with Crippen LogP contribution in [0.2, 0.25) is 0 Å². The summed E-state index contributed by atoms with van der Waals surface area (Å²) in [5.41, 5.74) is 2.07. The van der Waals surface area contributed by atoms with E-state index in [9.17, 15) is 4.79 Å². The first-order valence-corrected chi connectivity index (χ1v) is 11.8. The Morgan fingerprint density at radius 1 is 1.20 bits per heavy atom. The van der Waals surface area contributed by atoms with Gasteiger partial charge in [0.15, 0.2) is 16.7 Å². The molecule has 2 heterocycles. The molecular formula is C23H30N2O4S. The molecule has 0 amide bonds. The summed E-state index contributed by atoms with van der Waals surface area (Å²) in [7, 11) is 3.17. The Labute approximate surface area is 181 Å². The van der Waals surface area contributed by atoms with Gasteiger partial charge in [-0.2, -0.15) is 0 Å². The number of hydrogen-bond donors (Lipinski definition) is 0. The van der Waals surface area contributed by atoms with E-state index in [0.29, 0.717) is 28.9 Å². The first kappa shape index (κ1) is 21.2. The van der Waals surface area contributed by atoms with E-state index in [0.717, 1.165) is 49.6 Å². The van der Waals surface area contributed by atoms with Crippen molar-refractivity contribution in [3.05, 3.63) is 34.1 Å². The highest BCUT2D eigenvalue weighted by Crippen LogP contribution is 2.32. The van der Waals surface area contributed by atoms with Gasteiger partial charge in [0, 0.05) is 25.0 Å². The molecule has 4 rings (SSSR count). The van der Waals surface area contributed by atoms with Crippen LogP contribution in [0.1, 0.15) is 44.9 Å². The molecular weight excluding hydrogens is 400 g/mol. The highest BCUT2D eigenvalue weighted by molar-refractivity contribution is 7.99. The van der Waals surface area contributed by atoms with E-state index >= 15 is 0 Å². The van der Waals surface area contributed by atoms with Crippen LogP contribution in [-0.2, 0) is 11.3 Å². The third-order valence-electron chi connectivity index (χ3n) is 5.89. The lowest BCUT2D eigenvalue weighted by atomic mass is 9.97. The molecule has 1 aromatic carbocycles. The zero-order valence-electron chi connectivity index (χ0n) is 17.8. The fourth-order valence-electron chi connectivity index (χ4n) is 4.17. The van der Waals surface area contributed by atoms with Crippen molar-refractivity contribution in [3.63, 3.8) is 0 Å². The zero-order chi connectivity index (χ0) is 20.9. The Kier molecular flexibility index (Phi) is 7.00. The quantitative estimate of drug-likeness (QED) is 0.347. The number of methoxy groups -OCH3 is 2. The predicted molar refractivity (Wildman–Crippen MR) is 120 cm³/mol. The van der Waals surface area contributed by atoms with Gasteiger partial charge < -0.3 is 14.2 Å². The van der Waals surface area contributed by atoms with Crippen molar-refractivity contribution < 1.29 is 14.2 Å². The van der Waals surface area contributed by atoms with Gasteiger partial charge >= 0.3 is 0 Å². The van der Waals surface area contributed by atoms with E-state index in [1.54, 1.807) is 38.1 Å². The maximum atomic E-state index is 13.4. The van der Waals surface area contributed by atoms with E-state index < -0.39 is 0 Å². The molecule has 1 aliphatic carbocycles. The number of benzene rings is 1. The molecule has 1 saturated heterocycles. The fraction of sp³-hybridized carbons (Fsp3) is 0.565. The van der Waals surface area contributed by atoms with Gasteiger partial charge in [-0.1, -0.05) is 23.4 Å². The standard InChI is InChI=1S/C23H30N2O4S/c1-27-20-13-18-19(14-21(20)28-2)24-23(30-15-17-9-6-12-29-17)25(22(18)26)11-10-16-7-4-3-5-8-16/h7,13-14,17H,3-6,8-12,15H2,1-2H3/t17-/m0/s1. The molecule has 2 aromatic rings. The molecule has 2 aliphatic rings. The van der Waals surface area contributed by atoms with E-state index in [-0.39, 0.29) is 11.7 Å². The Morgan fingerprint density at radius 2 is 2.03 bits per heavy atom. The van der Waals surface area contributed by atoms with Crippen molar-refractivity contribution in [2.24, 2.45) is 0 Å². The van der Waals surface area contributed by atoms with Crippen molar-refractivity contribution in [3.8, 4) is 11.5 Å². The third kappa shape index (κ3) is 4.67. The van der Waals surface area contributed by atoms with E-state index in [4.69, 9.17) is 19.2 Å². The molecule has 162 valence electrons. The molecule has 0 unspecified atom stereocenters. The molecule has 0 saturated carbocycles. The molecule has 0 N–H and O–H groups in total. The second-order valence-electron chi connectivity index (χ2n) is 7.88. The van der Waals surface area contributed by atoms with Gasteiger partial charge in [0.25, 0.3) is 5.56 Å². The normalized spacial score (nSPS) is 19.1. The second-order valence-corrected chi connectivity index (χ2v) is 8.87. The largest absolute Gasteiger partial charge is 0.493 e. The topological polar surface area (TPSA) is 62.6 Å². The zero-order valence-corrected chi connectivity index (χ0v) is 18.6. The van der Waals surface area contributed by atoms with Crippen LogP contribution in [0.15, 0.2) is 33.7 Å². The second kappa shape index (κ2) is 9.88. The molecule has 0 bridgehead atoms. The summed E-state index contributed by atoms with van der Waals surface area (Å²) in [6.45, 7) is 1.48. The lowest BCUT2D eigenvalue weighted by molar-refractivity contribution is 0.129. The molecule has 30 heavy (non-hydrogen) atoms. The van der Waals surface area contributed by atoms with Crippen molar-refractivity contribution in [2.45, 2.75) is 62.8 Å². The average molecular weight is 431 g/mol. The maximum Gasteiger partial charge on any atom is 0.262 e. The van der Waals surface area contributed by atoms with E-state index in [2.05, 4.69) is 6.08 Å². The summed E-state index contributed by atoms with van der Waals surface area (Å²) in [6, 6.07) is 3.54. The number of thioether (sulfide) groups is 1. The van der Waals surface area contributed by atoms with Crippen LogP contribution in [0.25, 0.3) is 10.9 Å². The van der Waals surface area contributed by atoms with Crippen LogP contribution < -0.4 is 15.0 Å². The maximum absolute atomic E-state index is 13.4. The minimum absolute atomic E-state index is 0.0211. The molecule has 1 fully saturated rings. The van der Waals surface area contributed by atoms with Gasteiger partial charge in [-0.05, 0) is 51.0 Å². The lowest BCUT2D eigenvalue weighted by Gasteiger charge is -2.17. The summed E-state index contributed by atoms with van der Waals surface area (Å²) in [6.07, 6.45) is 10.5. The number of nitrogens with zero attached hydrogens (tertiary/aromatic N) is 2. The summed E-state index contributed by atoms with van der Waals surface area (Å²) in [5.74, 6) is 1.94. The molecule has 1 aliphatic heterocycles. The van der Waals surface area contributed by atoms with Crippen molar-refractivity contribution in [1.29, 1.82) is 0 Å². The van der Waals surface area contributed by atoms with E-state index in [1.807, 2.05) is 4.57 Å². The van der Waals surface area contributed by atoms with Crippen LogP contribution in [-0.4, -0.2) is 42.2 Å². The minimum atomic E-state index is -0.0211. The molecule has 1 atom stereocenters. The number of ether oxygens (including phenoxy) is 3. The Morgan fingerprint density at radius 3 is 2.73 bits per heavy atom. The molecule has 1 aromatic heterocycles. The lowest BCUT2D eigenvalue weighted by Crippen LogP contribution is -2.24. The smallest absolute Gasteiger partial charge is 0.262 e. The summed E-state index contributed by atoms with van der Waals surface area (Å²) in [4.78, 5) is 18.3. The first-order chi connectivity index (χ1) is 14.7. The van der Waals surface area contributed by atoms with Crippen molar-refractivity contribution in [1.82, 2.24) is 9.55 Å². The molecule has 6 nitrogen and oxygen atoms in total. The third-order valence-corrected chi connectivity index (χ3v) is 7.00. The summed E-state index contributed by atoms with van der Waals surface area (Å²) in [5, 5.41) is 1.32. The highest BCUT2D eigenvalue weighted by Gasteiger charge is 2.20. The Bertz CT molecular complexity index is 979. The predicted octanol–water partition coefficient (Wildman–Crippen LogP) is 4.58. The fourth-order valence-corrected chi connectivity index (χ4v) is 5.26. The van der Waals surface area contributed by atoms with Crippen LogP contribution in [0.3, 0.4) is 0 Å². The van der Waals surface area contributed by atoms with Crippen LogP contribution >= 0.6 is 11.8 Å². The average Bonchev–Trinajstić information content (AvgIpc) is 3.30. The summed E-state index contributed by atoms with van der Waals surface area (Å²) >= 11 is 1.62. The summed E-state index contributed by atoms with van der Waals surface area (Å²) < 4.78 is 18.4. The first-order valence-electron chi connectivity index (χ1n) is 10.8. The monoisotopic (exact) mass is 430 g/mol. The Balaban J connectivity index is 1.69. The molecule has 0 radical (unpaired) electrons. The molecule has 0 spiro atoms. The number of aromatic nitrogens is 2. The van der Waals surface area contributed by atoms with Crippen LogP contribution in [0, 0.1) is 0 Å².